The Morgan fingerprint density at radius 2 is 2.43 bits per heavy atom. The average molecular weight is 221 g/mol. The minimum atomic E-state index is -0.946. The summed E-state index contributed by atoms with van der Waals surface area (Å²) in [5, 5.41) is 8.31. The van der Waals surface area contributed by atoms with Gasteiger partial charge in [0.25, 0.3) is 0 Å². The van der Waals surface area contributed by atoms with Crippen LogP contribution < -0.4 is 0 Å². The van der Waals surface area contributed by atoms with E-state index in [9.17, 15) is 4.79 Å². The molecule has 1 aromatic rings. The highest BCUT2D eigenvalue weighted by Crippen LogP contribution is 2.03. The second kappa shape index (κ2) is 6.39. The van der Waals surface area contributed by atoms with Crippen LogP contribution in [0.4, 0.5) is 0 Å². The van der Waals surface area contributed by atoms with Gasteiger partial charge in [-0.2, -0.15) is 0 Å². The topological polar surface area (TPSA) is 64.3 Å². The van der Waals surface area contributed by atoms with E-state index in [2.05, 4.69) is 4.98 Å². The van der Waals surface area contributed by atoms with Crippen LogP contribution in [0.15, 0.2) is 18.7 Å². The lowest BCUT2D eigenvalue weighted by molar-refractivity contribution is -0.142. The Morgan fingerprint density at radius 3 is 2.93 bits per heavy atom. The Balaban J connectivity index is 0.00000169. The van der Waals surface area contributed by atoms with E-state index in [4.69, 9.17) is 9.84 Å². The molecule has 0 aromatic carbocycles. The summed E-state index contributed by atoms with van der Waals surface area (Å²) in [6.45, 7) is 2.06. The maximum absolute atomic E-state index is 10.1. The number of nitrogens with zero attached hydrogens (tertiary/aromatic N) is 2. The molecular formula is C8H13ClN2O3. The van der Waals surface area contributed by atoms with Gasteiger partial charge in [-0.1, -0.05) is 0 Å². The standard InChI is InChI=1S/C8H12N2O3.ClH/c1-7(4-13-5-8(11)12)10-3-2-9-6-10;/h2-3,6-7H,4-5H2,1H3,(H,11,12);1H/t7-;/m1./s1. The molecule has 0 radical (unpaired) electrons. The fourth-order valence-corrected chi connectivity index (χ4v) is 0.933. The highest BCUT2D eigenvalue weighted by Gasteiger charge is 2.04. The number of imidazole rings is 1. The van der Waals surface area contributed by atoms with Crippen molar-refractivity contribution in [2.24, 2.45) is 0 Å². The summed E-state index contributed by atoms with van der Waals surface area (Å²) in [6.07, 6.45) is 5.16. The number of carboxylic acids is 1. The highest BCUT2D eigenvalue weighted by molar-refractivity contribution is 5.85. The molecular weight excluding hydrogens is 208 g/mol. The van der Waals surface area contributed by atoms with Crippen LogP contribution in [-0.2, 0) is 9.53 Å². The molecule has 0 fully saturated rings. The number of ether oxygens (including phenoxy) is 1. The smallest absolute Gasteiger partial charge is 0.329 e. The molecule has 0 unspecified atom stereocenters. The van der Waals surface area contributed by atoms with Crippen molar-refractivity contribution in [3.8, 4) is 0 Å². The zero-order valence-corrected chi connectivity index (χ0v) is 8.61. The SMILES string of the molecule is C[C@H](COCC(=O)O)n1ccnc1.Cl. The summed E-state index contributed by atoms with van der Waals surface area (Å²) in [6, 6.07) is 0.113. The first-order valence-electron chi connectivity index (χ1n) is 3.97. The molecule has 1 aromatic heterocycles. The summed E-state index contributed by atoms with van der Waals surface area (Å²) >= 11 is 0. The molecule has 0 aliphatic carbocycles. The third-order valence-electron chi connectivity index (χ3n) is 1.62. The van der Waals surface area contributed by atoms with Crippen molar-refractivity contribution in [1.29, 1.82) is 0 Å². The monoisotopic (exact) mass is 220 g/mol. The second-order valence-electron chi connectivity index (χ2n) is 2.77. The van der Waals surface area contributed by atoms with Crippen LogP contribution in [0, 0.1) is 0 Å². The zero-order chi connectivity index (χ0) is 9.68. The van der Waals surface area contributed by atoms with Crippen LogP contribution >= 0.6 is 12.4 Å². The van der Waals surface area contributed by atoms with Crippen LogP contribution in [0.3, 0.4) is 0 Å². The number of hydrogen-bond donors (Lipinski definition) is 1. The van der Waals surface area contributed by atoms with Gasteiger partial charge in [0.15, 0.2) is 0 Å². The first kappa shape index (κ1) is 12.9. The molecule has 5 nitrogen and oxygen atoms in total. The number of aromatic nitrogens is 2. The Bertz CT molecular complexity index is 264. The van der Waals surface area contributed by atoms with Crippen LogP contribution in [-0.4, -0.2) is 33.8 Å². The largest absolute Gasteiger partial charge is 0.480 e. The van der Waals surface area contributed by atoms with E-state index in [1.807, 2.05) is 17.7 Å². The fraction of sp³-hybridized carbons (Fsp3) is 0.500. The van der Waals surface area contributed by atoms with E-state index in [0.717, 1.165) is 0 Å². The Kier molecular flexibility index (Phi) is 5.91. The summed E-state index contributed by atoms with van der Waals surface area (Å²) in [5.41, 5.74) is 0. The van der Waals surface area contributed by atoms with E-state index in [1.54, 1.807) is 12.5 Å². The number of rotatable bonds is 5. The lowest BCUT2D eigenvalue weighted by Gasteiger charge is -2.11. The number of hydrogen-bond acceptors (Lipinski definition) is 3. The number of carboxylic acid groups (broad SMARTS) is 1. The predicted molar refractivity (Wildman–Crippen MR) is 52.6 cm³/mol. The quantitative estimate of drug-likeness (QED) is 0.803. The molecule has 1 N–H and O–H groups in total. The third kappa shape index (κ3) is 4.25. The van der Waals surface area contributed by atoms with Crippen molar-refractivity contribution < 1.29 is 14.6 Å². The van der Waals surface area contributed by atoms with Gasteiger partial charge >= 0.3 is 5.97 Å². The van der Waals surface area contributed by atoms with Gasteiger partial charge in [0.05, 0.1) is 19.0 Å². The molecule has 0 saturated heterocycles. The fourth-order valence-electron chi connectivity index (χ4n) is 0.933. The van der Waals surface area contributed by atoms with Gasteiger partial charge in [-0.15, -0.1) is 12.4 Å². The molecule has 0 spiro atoms. The molecule has 14 heavy (non-hydrogen) atoms. The Labute approximate surface area is 88.1 Å². The molecule has 6 heteroatoms. The molecule has 80 valence electrons. The summed E-state index contributed by atoms with van der Waals surface area (Å²) in [4.78, 5) is 14.0. The lowest BCUT2D eigenvalue weighted by atomic mass is 10.4. The highest BCUT2D eigenvalue weighted by atomic mass is 35.5. The molecule has 0 bridgehead atoms. The van der Waals surface area contributed by atoms with Gasteiger partial charge in [-0.05, 0) is 6.92 Å². The number of halogens is 1. The summed E-state index contributed by atoms with van der Waals surface area (Å²) in [5.74, 6) is -0.946. The van der Waals surface area contributed by atoms with Gasteiger partial charge in [0, 0.05) is 12.4 Å². The van der Waals surface area contributed by atoms with E-state index in [1.165, 1.54) is 0 Å². The minimum Gasteiger partial charge on any atom is -0.480 e. The number of aliphatic carboxylic acids is 1. The van der Waals surface area contributed by atoms with Crippen molar-refractivity contribution >= 4 is 18.4 Å². The molecule has 1 heterocycles. The van der Waals surface area contributed by atoms with Gasteiger partial charge < -0.3 is 14.4 Å². The Hall–Kier alpha value is -1.07. The van der Waals surface area contributed by atoms with Crippen LogP contribution in [0.5, 0.6) is 0 Å². The zero-order valence-electron chi connectivity index (χ0n) is 7.79. The molecule has 0 aliphatic rings. The third-order valence-corrected chi connectivity index (χ3v) is 1.62. The van der Waals surface area contributed by atoms with Crippen molar-refractivity contribution in [2.45, 2.75) is 13.0 Å². The van der Waals surface area contributed by atoms with Gasteiger partial charge in [-0.3, -0.25) is 0 Å². The average Bonchev–Trinajstić information content (AvgIpc) is 2.55. The normalized spacial score (nSPS) is 11.8. The Morgan fingerprint density at radius 1 is 1.71 bits per heavy atom. The molecule has 1 atom stereocenters. The van der Waals surface area contributed by atoms with Crippen LogP contribution in [0.1, 0.15) is 13.0 Å². The number of carbonyl (C=O) groups is 1. The van der Waals surface area contributed by atoms with E-state index < -0.39 is 5.97 Å². The predicted octanol–water partition coefficient (Wildman–Crippen LogP) is 0.967. The maximum Gasteiger partial charge on any atom is 0.329 e. The van der Waals surface area contributed by atoms with Gasteiger partial charge in [0.2, 0.25) is 0 Å². The first-order valence-corrected chi connectivity index (χ1v) is 3.97. The van der Waals surface area contributed by atoms with Gasteiger partial charge in [-0.25, -0.2) is 9.78 Å². The van der Waals surface area contributed by atoms with Crippen LogP contribution in [0.2, 0.25) is 0 Å². The molecule has 1 rings (SSSR count). The summed E-state index contributed by atoms with van der Waals surface area (Å²) < 4.78 is 6.80. The molecule has 0 aliphatic heterocycles. The molecule has 0 saturated carbocycles. The van der Waals surface area contributed by atoms with Crippen molar-refractivity contribution in [3.63, 3.8) is 0 Å². The van der Waals surface area contributed by atoms with Crippen LogP contribution in [0.25, 0.3) is 0 Å². The second-order valence-corrected chi connectivity index (χ2v) is 2.77. The molecule has 0 amide bonds. The van der Waals surface area contributed by atoms with Crippen molar-refractivity contribution in [3.05, 3.63) is 18.7 Å². The lowest BCUT2D eigenvalue weighted by Crippen LogP contribution is -2.14. The van der Waals surface area contributed by atoms with Gasteiger partial charge in [0.1, 0.15) is 6.61 Å². The summed E-state index contributed by atoms with van der Waals surface area (Å²) in [7, 11) is 0. The minimum absolute atomic E-state index is 0. The maximum atomic E-state index is 10.1. The van der Waals surface area contributed by atoms with E-state index in [0.29, 0.717) is 6.61 Å². The van der Waals surface area contributed by atoms with Crippen molar-refractivity contribution in [2.75, 3.05) is 13.2 Å². The van der Waals surface area contributed by atoms with E-state index >= 15 is 0 Å². The first-order chi connectivity index (χ1) is 6.20. The van der Waals surface area contributed by atoms with Crippen molar-refractivity contribution in [1.82, 2.24) is 9.55 Å². The van der Waals surface area contributed by atoms with E-state index in [-0.39, 0.29) is 25.1 Å².